The molecule has 9 heteroatoms. The van der Waals surface area contributed by atoms with Gasteiger partial charge in [0.2, 0.25) is 5.91 Å². The van der Waals surface area contributed by atoms with Gasteiger partial charge in [-0.25, -0.2) is 4.39 Å². The molecule has 0 saturated heterocycles. The summed E-state index contributed by atoms with van der Waals surface area (Å²) in [4.78, 5) is 35.0. The fourth-order valence-corrected chi connectivity index (χ4v) is 2.47. The summed E-state index contributed by atoms with van der Waals surface area (Å²) in [6.07, 6.45) is 0.316. The van der Waals surface area contributed by atoms with E-state index in [1.54, 1.807) is 24.3 Å². The largest absolute Gasteiger partial charge is 0.484 e. The minimum absolute atomic E-state index is 0.0362. The lowest BCUT2D eigenvalue weighted by Gasteiger charge is -2.11. The van der Waals surface area contributed by atoms with E-state index in [0.29, 0.717) is 23.4 Å². The predicted octanol–water partition coefficient (Wildman–Crippen LogP) is 3.27. The number of benzene rings is 2. The molecule has 0 unspecified atom stereocenters. The van der Waals surface area contributed by atoms with Crippen LogP contribution in [0.3, 0.4) is 0 Å². The number of amides is 3. The lowest BCUT2D eigenvalue weighted by atomic mass is 10.2. The van der Waals surface area contributed by atoms with E-state index in [4.69, 9.17) is 16.3 Å². The number of halogens is 2. The summed E-state index contributed by atoms with van der Waals surface area (Å²) in [5, 5.41) is 7.83. The number of ether oxygens (including phenoxy) is 1. The highest BCUT2D eigenvalue weighted by molar-refractivity contribution is 6.30. The molecule has 2 aromatic carbocycles. The Morgan fingerprint density at radius 2 is 1.83 bits per heavy atom. The van der Waals surface area contributed by atoms with Crippen LogP contribution in [0.5, 0.6) is 5.75 Å². The van der Waals surface area contributed by atoms with Gasteiger partial charge in [-0.1, -0.05) is 18.2 Å². The number of carbonyl (C=O) groups is 3. The maximum Gasteiger partial charge on any atom is 0.262 e. The second-order valence-corrected chi connectivity index (χ2v) is 6.69. The summed E-state index contributed by atoms with van der Waals surface area (Å²) in [7, 11) is 0. The molecule has 0 aliphatic rings. The molecule has 30 heavy (non-hydrogen) atoms. The fraction of sp³-hybridized carbons (Fsp3) is 0.190. The predicted molar refractivity (Wildman–Crippen MR) is 112 cm³/mol. The van der Waals surface area contributed by atoms with Gasteiger partial charge in [0, 0.05) is 42.9 Å². The second kappa shape index (κ2) is 11.0. The van der Waals surface area contributed by atoms with Crippen LogP contribution in [0.2, 0.25) is 5.02 Å². The maximum absolute atomic E-state index is 13.3. The molecule has 0 fully saturated rings. The Bertz CT molecular complexity index is 948. The van der Waals surface area contributed by atoms with E-state index in [-0.39, 0.29) is 35.7 Å². The zero-order chi connectivity index (χ0) is 22.1. The molecule has 2 aromatic rings. The second-order valence-electron chi connectivity index (χ2n) is 6.28. The Hall–Kier alpha value is -3.39. The third-order valence-electron chi connectivity index (χ3n) is 3.76. The van der Waals surface area contributed by atoms with E-state index in [1.807, 2.05) is 0 Å². The lowest BCUT2D eigenvalue weighted by molar-refractivity contribution is -0.122. The van der Waals surface area contributed by atoms with Crippen molar-refractivity contribution in [3.05, 3.63) is 71.1 Å². The highest BCUT2D eigenvalue weighted by Gasteiger charge is 2.09. The molecule has 0 heterocycles. The summed E-state index contributed by atoms with van der Waals surface area (Å²) in [5.41, 5.74) is 1.42. The van der Waals surface area contributed by atoms with E-state index < -0.39 is 11.7 Å². The van der Waals surface area contributed by atoms with Gasteiger partial charge in [-0.15, -0.1) is 0 Å². The van der Waals surface area contributed by atoms with Gasteiger partial charge in [0.25, 0.3) is 11.8 Å². The molecule has 0 aliphatic carbocycles. The molecular formula is C21H21ClFN3O4. The molecule has 3 N–H and O–H groups in total. The SMILES string of the molecule is C=C(CCNC(=O)c1ccc(NC(C)=O)cc1)NC(=O)COc1ccc(Cl)c(F)c1. The topological polar surface area (TPSA) is 96.5 Å². The van der Waals surface area contributed by atoms with Crippen LogP contribution in [-0.2, 0) is 9.59 Å². The smallest absolute Gasteiger partial charge is 0.262 e. The van der Waals surface area contributed by atoms with Gasteiger partial charge in [0.1, 0.15) is 11.6 Å². The molecule has 0 spiro atoms. The number of hydrogen-bond donors (Lipinski definition) is 3. The number of hydrogen-bond acceptors (Lipinski definition) is 4. The van der Waals surface area contributed by atoms with E-state index in [9.17, 15) is 18.8 Å². The Kier molecular flexibility index (Phi) is 8.37. The van der Waals surface area contributed by atoms with Crippen molar-refractivity contribution in [2.45, 2.75) is 13.3 Å². The number of rotatable bonds is 9. The molecule has 3 amide bonds. The molecule has 0 radical (unpaired) electrons. The first-order chi connectivity index (χ1) is 14.2. The molecule has 2 rings (SSSR count). The standard InChI is InChI=1S/C21H21ClFN3O4/c1-13(25-20(28)12-30-17-7-8-18(22)19(23)11-17)9-10-24-21(29)15-3-5-16(6-4-15)26-14(2)27/h3-8,11H,1,9-10,12H2,2H3,(H,24,29)(H,25,28)(H,26,27). The van der Waals surface area contributed by atoms with Crippen LogP contribution in [0.4, 0.5) is 10.1 Å². The van der Waals surface area contributed by atoms with Crippen LogP contribution < -0.4 is 20.7 Å². The Balaban J connectivity index is 1.69. The summed E-state index contributed by atoms with van der Waals surface area (Å²) < 4.78 is 18.5. The van der Waals surface area contributed by atoms with Crippen molar-refractivity contribution < 1.29 is 23.5 Å². The Labute approximate surface area is 178 Å². The van der Waals surface area contributed by atoms with Gasteiger partial charge in [0.05, 0.1) is 5.02 Å². The quantitative estimate of drug-likeness (QED) is 0.565. The van der Waals surface area contributed by atoms with Gasteiger partial charge >= 0.3 is 0 Å². The van der Waals surface area contributed by atoms with E-state index in [0.717, 1.165) is 6.07 Å². The highest BCUT2D eigenvalue weighted by Crippen LogP contribution is 2.20. The van der Waals surface area contributed by atoms with Crippen LogP contribution in [0, 0.1) is 5.82 Å². The van der Waals surface area contributed by atoms with Gasteiger partial charge in [0.15, 0.2) is 6.61 Å². The summed E-state index contributed by atoms with van der Waals surface area (Å²) >= 11 is 5.58. The van der Waals surface area contributed by atoms with Crippen LogP contribution >= 0.6 is 11.6 Å². The van der Waals surface area contributed by atoms with Gasteiger partial charge in [-0.3, -0.25) is 14.4 Å². The third-order valence-corrected chi connectivity index (χ3v) is 4.06. The minimum atomic E-state index is -0.639. The molecule has 0 aromatic heterocycles. The number of nitrogens with one attached hydrogen (secondary N) is 3. The van der Waals surface area contributed by atoms with Crippen molar-refractivity contribution in [3.63, 3.8) is 0 Å². The van der Waals surface area contributed by atoms with E-state index in [1.165, 1.54) is 19.1 Å². The number of anilines is 1. The molecule has 0 atom stereocenters. The normalized spacial score (nSPS) is 10.1. The number of carbonyl (C=O) groups excluding carboxylic acids is 3. The average molecular weight is 434 g/mol. The minimum Gasteiger partial charge on any atom is -0.484 e. The zero-order valence-corrected chi connectivity index (χ0v) is 17.0. The van der Waals surface area contributed by atoms with Crippen molar-refractivity contribution in [2.75, 3.05) is 18.5 Å². The van der Waals surface area contributed by atoms with E-state index in [2.05, 4.69) is 22.5 Å². The molecule has 0 saturated carbocycles. The van der Waals surface area contributed by atoms with Gasteiger partial charge < -0.3 is 20.7 Å². The van der Waals surface area contributed by atoms with Crippen molar-refractivity contribution in [2.24, 2.45) is 0 Å². The van der Waals surface area contributed by atoms with Crippen LogP contribution in [-0.4, -0.2) is 30.9 Å². The summed E-state index contributed by atoms with van der Waals surface area (Å²) in [6.45, 7) is 5.06. The Morgan fingerprint density at radius 1 is 1.13 bits per heavy atom. The zero-order valence-electron chi connectivity index (χ0n) is 16.3. The molecule has 7 nitrogen and oxygen atoms in total. The first kappa shape index (κ1) is 22.9. The van der Waals surface area contributed by atoms with Crippen LogP contribution in [0.15, 0.2) is 54.7 Å². The lowest BCUT2D eigenvalue weighted by Crippen LogP contribution is -2.31. The van der Waals surface area contributed by atoms with Crippen molar-refractivity contribution in [3.8, 4) is 5.75 Å². The van der Waals surface area contributed by atoms with Crippen molar-refractivity contribution >= 4 is 35.0 Å². The van der Waals surface area contributed by atoms with Gasteiger partial charge in [-0.2, -0.15) is 0 Å². The molecular weight excluding hydrogens is 413 g/mol. The Morgan fingerprint density at radius 3 is 2.47 bits per heavy atom. The summed E-state index contributed by atoms with van der Waals surface area (Å²) in [6, 6.07) is 10.3. The average Bonchev–Trinajstić information content (AvgIpc) is 2.69. The fourth-order valence-electron chi connectivity index (χ4n) is 2.35. The first-order valence-electron chi connectivity index (χ1n) is 8.96. The maximum atomic E-state index is 13.3. The molecule has 158 valence electrons. The summed E-state index contributed by atoms with van der Waals surface area (Å²) in [5.74, 6) is -1.42. The monoisotopic (exact) mass is 433 g/mol. The van der Waals surface area contributed by atoms with Crippen LogP contribution in [0.25, 0.3) is 0 Å². The van der Waals surface area contributed by atoms with Crippen LogP contribution in [0.1, 0.15) is 23.7 Å². The van der Waals surface area contributed by atoms with Gasteiger partial charge in [-0.05, 0) is 36.4 Å². The molecule has 0 aliphatic heterocycles. The third kappa shape index (κ3) is 7.56. The highest BCUT2D eigenvalue weighted by atomic mass is 35.5. The van der Waals surface area contributed by atoms with E-state index >= 15 is 0 Å². The van der Waals surface area contributed by atoms with Crippen molar-refractivity contribution in [1.29, 1.82) is 0 Å². The first-order valence-corrected chi connectivity index (χ1v) is 9.33. The van der Waals surface area contributed by atoms with Crippen molar-refractivity contribution in [1.82, 2.24) is 10.6 Å². The molecule has 0 bridgehead atoms.